The first-order valence-electron chi connectivity index (χ1n) is 7.17. The lowest BCUT2D eigenvalue weighted by atomic mass is 10.2. The van der Waals surface area contributed by atoms with Gasteiger partial charge in [0.1, 0.15) is 5.65 Å². The molecule has 0 aliphatic rings. The first-order chi connectivity index (χ1) is 10.4. The van der Waals surface area contributed by atoms with Gasteiger partial charge in [0, 0.05) is 11.1 Å². The smallest absolute Gasteiger partial charge is 0.174 e. The molecule has 0 atom stereocenters. The Kier molecular flexibility index (Phi) is 3.04. The Balaban J connectivity index is 2.16. The molecule has 2 aromatic carbocycles. The molecule has 0 amide bonds. The molecule has 0 unspecified atom stereocenters. The van der Waals surface area contributed by atoms with E-state index < -0.39 is 0 Å². The first kappa shape index (κ1) is 12.7. The van der Waals surface area contributed by atoms with Crippen LogP contribution >= 0.6 is 11.8 Å². The summed E-state index contributed by atoms with van der Waals surface area (Å²) in [5.74, 6) is 1.06. The van der Waals surface area contributed by atoms with Crippen molar-refractivity contribution in [2.24, 2.45) is 0 Å². The van der Waals surface area contributed by atoms with Gasteiger partial charge in [0.25, 0.3) is 0 Å². The minimum Gasteiger partial charge on any atom is -0.271 e. The maximum atomic E-state index is 4.85. The molecule has 3 nitrogen and oxygen atoms in total. The van der Waals surface area contributed by atoms with Crippen LogP contribution in [0.3, 0.4) is 0 Å². The Morgan fingerprint density at radius 1 is 0.952 bits per heavy atom. The molecule has 4 aromatic rings. The van der Waals surface area contributed by atoms with Crippen molar-refractivity contribution in [2.45, 2.75) is 18.5 Å². The summed E-state index contributed by atoms with van der Waals surface area (Å²) in [6.45, 7) is 2.19. The van der Waals surface area contributed by atoms with Gasteiger partial charge in [0.2, 0.25) is 0 Å². The van der Waals surface area contributed by atoms with E-state index >= 15 is 0 Å². The molecule has 104 valence electrons. The fourth-order valence-electron chi connectivity index (χ4n) is 2.60. The summed E-state index contributed by atoms with van der Waals surface area (Å²) in [7, 11) is 0. The van der Waals surface area contributed by atoms with Crippen LogP contribution in [0.4, 0.5) is 0 Å². The van der Waals surface area contributed by atoms with Crippen molar-refractivity contribution in [3.05, 3.63) is 48.5 Å². The van der Waals surface area contributed by atoms with Crippen molar-refractivity contribution < 1.29 is 0 Å². The molecule has 0 saturated heterocycles. The Bertz CT molecular complexity index is 943. The average Bonchev–Trinajstić information content (AvgIpc) is 2.92. The van der Waals surface area contributed by atoms with Crippen LogP contribution in [0.1, 0.15) is 13.3 Å². The number of thioether (sulfide) groups is 1. The lowest BCUT2D eigenvalue weighted by Crippen LogP contribution is -1.97. The molecule has 0 aliphatic carbocycles. The normalized spacial score (nSPS) is 11.7. The lowest BCUT2D eigenvalue weighted by Gasteiger charge is -2.07. The molecule has 0 N–H and O–H groups in total. The zero-order chi connectivity index (χ0) is 14.2. The van der Waals surface area contributed by atoms with Gasteiger partial charge in [-0.3, -0.25) is 4.40 Å². The standard InChI is InChI=1S/C17H15N3S/c1-2-11-21-17-19-13-8-4-3-7-12(13)16-18-14-9-5-6-10-15(14)20(16)17/h3-10H,2,11H2,1H3. The van der Waals surface area contributed by atoms with Crippen molar-refractivity contribution in [3.63, 3.8) is 0 Å². The topological polar surface area (TPSA) is 30.2 Å². The predicted molar refractivity (Wildman–Crippen MR) is 89.0 cm³/mol. The third-order valence-corrected chi connectivity index (χ3v) is 4.69. The second-order valence-electron chi connectivity index (χ2n) is 5.02. The fourth-order valence-corrected chi connectivity index (χ4v) is 3.47. The van der Waals surface area contributed by atoms with E-state index in [-0.39, 0.29) is 0 Å². The van der Waals surface area contributed by atoms with E-state index in [4.69, 9.17) is 9.97 Å². The molecule has 2 heterocycles. The Morgan fingerprint density at radius 2 is 1.71 bits per heavy atom. The highest BCUT2D eigenvalue weighted by molar-refractivity contribution is 7.99. The number of fused-ring (bicyclic) bond motifs is 5. The van der Waals surface area contributed by atoms with Crippen LogP contribution in [-0.4, -0.2) is 20.1 Å². The molecular formula is C17H15N3S. The summed E-state index contributed by atoms with van der Waals surface area (Å²) < 4.78 is 2.19. The SMILES string of the molecule is CCCSc1nc2ccccc2c2nc3ccccc3n12. The van der Waals surface area contributed by atoms with Gasteiger partial charge in [-0.2, -0.15) is 0 Å². The van der Waals surface area contributed by atoms with Crippen molar-refractivity contribution in [3.8, 4) is 0 Å². The molecule has 4 heteroatoms. The van der Waals surface area contributed by atoms with Gasteiger partial charge in [-0.1, -0.05) is 43.0 Å². The average molecular weight is 293 g/mol. The fraction of sp³-hybridized carbons (Fsp3) is 0.176. The zero-order valence-corrected chi connectivity index (χ0v) is 12.6. The summed E-state index contributed by atoms with van der Waals surface area (Å²) in [6.07, 6.45) is 1.13. The molecule has 4 rings (SSSR count). The second-order valence-corrected chi connectivity index (χ2v) is 6.08. The van der Waals surface area contributed by atoms with Crippen LogP contribution in [0.5, 0.6) is 0 Å². The van der Waals surface area contributed by atoms with Gasteiger partial charge in [0.05, 0.1) is 16.6 Å². The molecular weight excluding hydrogens is 278 g/mol. The van der Waals surface area contributed by atoms with Crippen molar-refractivity contribution >= 4 is 39.3 Å². The summed E-state index contributed by atoms with van der Waals surface area (Å²) in [5, 5.41) is 2.13. The molecule has 2 aromatic heterocycles. The lowest BCUT2D eigenvalue weighted by molar-refractivity contribution is 0.948. The molecule has 0 fully saturated rings. The number of hydrogen-bond acceptors (Lipinski definition) is 3. The highest BCUT2D eigenvalue weighted by Gasteiger charge is 2.13. The molecule has 0 spiro atoms. The number of rotatable bonds is 3. The summed E-state index contributed by atoms with van der Waals surface area (Å²) >= 11 is 1.80. The first-order valence-corrected chi connectivity index (χ1v) is 8.16. The minimum absolute atomic E-state index is 1.00. The summed E-state index contributed by atoms with van der Waals surface area (Å²) in [5.41, 5.74) is 4.16. The highest BCUT2D eigenvalue weighted by Crippen LogP contribution is 2.28. The van der Waals surface area contributed by atoms with Gasteiger partial charge < -0.3 is 0 Å². The van der Waals surface area contributed by atoms with Crippen molar-refractivity contribution in [1.29, 1.82) is 0 Å². The van der Waals surface area contributed by atoms with Gasteiger partial charge >= 0.3 is 0 Å². The number of nitrogens with zero attached hydrogens (tertiary/aromatic N) is 3. The number of aromatic nitrogens is 3. The number of imidazole rings is 1. The van der Waals surface area contributed by atoms with E-state index in [9.17, 15) is 0 Å². The highest BCUT2D eigenvalue weighted by atomic mass is 32.2. The molecule has 0 aliphatic heterocycles. The van der Waals surface area contributed by atoms with E-state index in [0.29, 0.717) is 0 Å². The summed E-state index contributed by atoms with van der Waals surface area (Å²) in [4.78, 5) is 9.67. The second kappa shape index (κ2) is 5.04. The van der Waals surface area contributed by atoms with Crippen LogP contribution in [-0.2, 0) is 0 Å². The molecule has 0 bridgehead atoms. The third-order valence-electron chi connectivity index (χ3n) is 3.55. The van der Waals surface area contributed by atoms with E-state index in [1.165, 1.54) is 0 Å². The van der Waals surface area contributed by atoms with Gasteiger partial charge in [-0.15, -0.1) is 0 Å². The van der Waals surface area contributed by atoms with Crippen LogP contribution in [0.15, 0.2) is 53.7 Å². The Morgan fingerprint density at radius 3 is 2.57 bits per heavy atom. The third kappa shape index (κ3) is 1.98. The zero-order valence-electron chi connectivity index (χ0n) is 11.8. The predicted octanol–water partition coefficient (Wildman–Crippen LogP) is 4.54. The molecule has 21 heavy (non-hydrogen) atoms. The Labute approximate surface area is 127 Å². The number of benzene rings is 2. The largest absolute Gasteiger partial charge is 0.271 e. The van der Waals surface area contributed by atoms with Gasteiger partial charge in [-0.25, -0.2) is 9.97 Å². The van der Waals surface area contributed by atoms with Crippen molar-refractivity contribution in [2.75, 3.05) is 5.75 Å². The molecule has 0 radical (unpaired) electrons. The van der Waals surface area contributed by atoms with Gasteiger partial charge in [0.15, 0.2) is 5.16 Å². The van der Waals surface area contributed by atoms with Crippen molar-refractivity contribution in [1.82, 2.24) is 14.4 Å². The van der Waals surface area contributed by atoms with E-state index in [2.05, 4.69) is 41.7 Å². The van der Waals surface area contributed by atoms with Crippen LogP contribution in [0.25, 0.3) is 27.6 Å². The van der Waals surface area contributed by atoms with E-state index in [0.717, 1.165) is 44.9 Å². The molecule has 0 saturated carbocycles. The van der Waals surface area contributed by atoms with Crippen LogP contribution in [0, 0.1) is 0 Å². The summed E-state index contributed by atoms with van der Waals surface area (Å²) in [6, 6.07) is 16.5. The van der Waals surface area contributed by atoms with Crippen LogP contribution < -0.4 is 0 Å². The van der Waals surface area contributed by atoms with Gasteiger partial charge in [-0.05, 0) is 30.7 Å². The number of para-hydroxylation sites is 3. The quantitative estimate of drug-likeness (QED) is 0.410. The number of hydrogen-bond donors (Lipinski definition) is 0. The van der Waals surface area contributed by atoms with E-state index in [1.54, 1.807) is 11.8 Å². The maximum absolute atomic E-state index is 4.85. The van der Waals surface area contributed by atoms with Crippen LogP contribution in [0.2, 0.25) is 0 Å². The Hall–Kier alpha value is -2.07. The maximum Gasteiger partial charge on any atom is 0.174 e. The van der Waals surface area contributed by atoms with E-state index in [1.807, 2.05) is 18.2 Å². The monoisotopic (exact) mass is 293 g/mol. The minimum atomic E-state index is 1.00.